The number of carboxylic acids is 1. The summed E-state index contributed by atoms with van der Waals surface area (Å²) in [5.74, 6) is -0.387. The highest BCUT2D eigenvalue weighted by Crippen LogP contribution is 2.38. The number of benzene rings is 1. The molecule has 0 saturated carbocycles. The maximum atomic E-state index is 12.7. The Kier molecular flexibility index (Phi) is 3.88. The van der Waals surface area contributed by atoms with Crippen molar-refractivity contribution in [3.05, 3.63) is 56.8 Å². The van der Waals surface area contributed by atoms with Crippen molar-refractivity contribution < 1.29 is 14.7 Å². The van der Waals surface area contributed by atoms with Crippen molar-refractivity contribution in [2.24, 2.45) is 0 Å². The molecule has 124 valence electrons. The van der Waals surface area contributed by atoms with Gasteiger partial charge in [-0.1, -0.05) is 18.2 Å². The predicted molar refractivity (Wildman–Crippen MR) is 92.5 cm³/mol. The van der Waals surface area contributed by atoms with E-state index in [-0.39, 0.29) is 11.5 Å². The molecule has 4 rings (SSSR count). The summed E-state index contributed by atoms with van der Waals surface area (Å²) in [4.78, 5) is 26.4. The molecule has 2 aliphatic rings. The summed E-state index contributed by atoms with van der Waals surface area (Å²) in [5, 5.41) is 10.6. The van der Waals surface area contributed by atoms with Gasteiger partial charge >= 0.3 is 5.97 Å². The molecule has 1 aromatic carbocycles. The molecule has 5 heteroatoms. The van der Waals surface area contributed by atoms with Gasteiger partial charge in [-0.15, -0.1) is 11.3 Å². The topological polar surface area (TPSA) is 57.6 Å². The van der Waals surface area contributed by atoms with Gasteiger partial charge in [-0.2, -0.15) is 0 Å². The van der Waals surface area contributed by atoms with Gasteiger partial charge in [0.25, 0.3) is 0 Å². The summed E-state index contributed by atoms with van der Waals surface area (Å²) in [6, 6.07) is 8.08. The summed E-state index contributed by atoms with van der Waals surface area (Å²) in [7, 11) is 0. The van der Waals surface area contributed by atoms with E-state index in [1.165, 1.54) is 34.4 Å². The quantitative estimate of drug-likeness (QED) is 0.930. The van der Waals surface area contributed by atoms with E-state index in [4.69, 9.17) is 5.11 Å². The molecule has 1 aromatic heterocycles. The molecule has 0 fully saturated rings. The molecular weight excluding hydrogens is 322 g/mol. The van der Waals surface area contributed by atoms with Gasteiger partial charge in [-0.05, 0) is 42.0 Å². The smallest absolute Gasteiger partial charge is 0.336 e. The van der Waals surface area contributed by atoms with Crippen molar-refractivity contribution in [3.8, 4) is 0 Å². The zero-order valence-corrected chi connectivity index (χ0v) is 14.1. The number of aryl methyl sites for hydroxylation is 1. The zero-order chi connectivity index (χ0) is 16.7. The van der Waals surface area contributed by atoms with Crippen LogP contribution in [-0.2, 0) is 24.2 Å². The third-order valence-electron chi connectivity index (χ3n) is 5.07. The normalized spacial score (nSPS) is 19.0. The fourth-order valence-electron chi connectivity index (χ4n) is 3.98. The molecule has 1 unspecified atom stereocenters. The molecule has 1 aliphatic carbocycles. The van der Waals surface area contributed by atoms with Crippen molar-refractivity contribution in [1.29, 1.82) is 0 Å². The minimum Gasteiger partial charge on any atom is -0.478 e. The Labute approximate surface area is 144 Å². The Balaban J connectivity index is 1.53. The van der Waals surface area contributed by atoms with E-state index in [9.17, 15) is 9.59 Å². The molecule has 4 nitrogen and oxygen atoms in total. The van der Waals surface area contributed by atoms with Crippen LogP contribution < -0.4 is 0 Å². The first-order chi connectivity index (χ1) is 11.6. The predicted octanol–water partition coefficient (Wildman–Crippen LogP) is 3.45. The Morgan fingerprint density at radius 1 is 1.29 bits per heavy atom. The highest BCUT2D eigenvalue weighted by molar-refractivity contribution is 7.10. The molecule has 0 saturated heterocycles. The lowest BCUT2D eigenvalue weighted by atomic mass is 9.77. The van der Waals surface area contributed by atoms with Gasteiger partial charge in [0, 0.05) is 29.3 Å². The molecule has 1 atom stereocenters. The van der Waals surface area contributed by atoms with Gasteiger partial charge in [0.15, 0.2) is 0 Å². The van der Waals surface area contributed by atoms with Crippen LogP contribution in [0.4, 0.5) is 0 Å². The first kappa shape index (κ1) is 15.4. The number of nitrogens with zero attached hydrogens (tertiary/aromatic N) is 1. The SMILES string of the molecule is O=C(O)c1csc(CC(=O)N2Cc3cccc4c3C(CCC4)C2)c1. The molecule has 24 heavy (non-hydrogen) atoms. The lowest BCUT2D eigenvalue weighted by Gasteiger charge is -2.38. The van der Waals surface area contributed by atoms with Gasteiger partial charge in [-0.3, -0.25) is 4.79 Å². The van der Waals surface area contributed by atoms with Crippen LogP contribution in [0.15, 0.2) is 29.6 Å². The second kappa shape index (κ2) is 6.06. The van der Waals surface area contributed by atoms with E-state index in [0.29, 0.717) is 18.9 Å². The lowest BCUT2D eigenvalue weighted by Crippen LogP contribution is -2.40. The highest BCUT2D eigenvalue weighted by Gasteiger charge is 2.31. The van der Waals surface area contributed by atoms with Crippen molar-refractivity contribution in [2.45, 2.75) is 38.1 Å². The second-order valence-corrected chi connectivity index (χ2v) is 7.63. The van der Waals surface area contributed by atoms with E-state index < -0.39 is 5.97 Å². The van der Waals surface area contributed by atoms with Crippen molar-refractivity contribution in [1.82, 2.24) is 4.90 Å². The van der Waals surface area contributed by atoms with Crippen LogP contribution in [-0.4, -0.2) is 28.4 Å². The first-order valence-electron chi connectivity index (χ1n) is 8.31. The molecular formula is C19H19NO3S. The van der Waals surface area contributed by atoms with Gasteiger partial charge in [0.05, 0.1) is 12.0 Å². The average molecular weight is 341 g/mol. The number of amides is 1. The summed E-state index contributed by atoms with van der Waals surface area (Å²) in [6.07, 6.45) is 3.78. The Hall–Kier alpha value is -2.14. The number of hydrogen-bond acceptors (Lipinski definition) is 3. The molecule has 1 amide bonds. The van der Waals surface area contributed by atoms with E-state index in [0.717, 1.165) is 24.3 Å². The number of thiophene rings is 1. The van der Waals surface area contributed by atoms with Gasteiger partial charge < -0.3 is 10.0 Å². The molecule has 0 spiro atoms. The van der Waals surface area contributed by atoms with Crippen LogP contribution in [0, 0.1) is 0 Å². The molecule has 2 aromatic rings. The van der Waals surface area contributed by atoms with E-state index in [2.05, 4.69) is 18.2 Å². The number of aromatic carboxylic acids is 1. The third kappa shape index (κ3) is 2.73. The van der Waals surface area contributed by atoms with Crippen molar-refractivity contribution in [2.75, 3.05) is 6.54 Å². The van der Waals surface area contributed by atoms with Gasteiger partial charge in [0.2, 0.25) is 5.91 Å². The number of carbonyl (C=O) groups is 2. The third-order valence-corrected chi connectivity index (χ3v) is 6.01. The van der Waals surface area contributed by atoms with E-state index >= 15 is 0 Å². The van der Waals surface area contributed by atoms with E-state index in [1.54, 1.807) is 11.4 Å². The second-order valence-electron chi connectivity index (χ2n) is 6.64. The molecule has 1 N–H and O–H groups in total. The maximum absolute atomic E-state index is 12.7. The molecule has 0 radical (unpaired) electrons. The summed E-state index contributed by atoms with van der Waals surface area (Å²) in [6.45, 7) is 1.47. The van der Waals surface area contributed by atoms with Crippen LogP contribution in [0.2, 0.25) is 0 Å². The summed E-state index contributed by atoms with van der Waals surface area (Å²) >= 11 is 1.35. The summed E-state index contributed by atoms with van der Waals surface area (Å²) < 4.78 is 0. The molecule has 1 aliphatic heterocycles. The highest BCUT2D eigenvalue weighted by atomic mass is 32.1. The number of rotatable bonds is 3. The number of hydrogen-bond donors (Lipinski definition) is 1. The van der Waals surface area contributed by atoms with Crippen LogP contribution in [0.3, 0.4) is 0 Å². The minimum atomic E-state index is -0.938. The number of carbonyl (C=O) groups excluding carboxylic acids is 1. The monoisotopic (exact) mass is 341 g/mol. The lowest BCUT2D eigenvalue weighted by molar-refractivity contribution is -0.131. The minimum absolute atomic E-state index is 0.0930. The Bertz CT molecular complexity index is 811. The first-order valence-corrected chi connectivity index (χ1v) is 9.19. The average Bonchev–Trinajstić information content (AvgIpc) is 3.04. The Morgan fingerprint density at radius 3 is 2.92 bits per heavy atom. The van der Waals surface area contributed by atoms with Crippen LogP contribution in [0.5, 0.6) is 0 Å². The van der Waals surface area contributed by atoms with E-state index in [1.807, 2.05) is 4.90 Å². The van der Waals surface area contributed by atoms with Crippen molar-refractivity contribution >= 4 is 23.2 Å². The summed E-state index contributed by atoms with van der Waals surface area (Å²) in [5.41, 5.74) is 4.50. The fraction of sp³-hybridized carbons (Fsp3) is 0.368. The molecule has 0 bridgehead atoms. The van der Waals surface area contributed by atoms with Gasteiger partial charge in [-0.25, -0.2) is 4.79 Å². The molecule has 2 heterocycles. The van der Waals surface area contributed by atoms with Crippen molar-refractivity contribution in [3.63, 3.8) is 0 Å². The zero-order valence-electron chi connectivity index (χ0n) is 13.3. The Morgan fingerprint density at radius 2 is 2.12 bits per heavy atom. The fourth-order valence-corrected chi connectivity index (χ4v) is 4.83. The largest absolute Gasteiger partial charge is 0.478 e. The maximum Gasteiger partial charge on any atom is 0.336 e. The standard InChI is InChI=1S/C19H19NO3S/c21-17(8-16-7-15(11-24-16)19(22)23)20-9-13-5-1-3-12-4-2-6-14(10-20)18(12)13/h1,3,5,7,11,14H,2,4,6,8-10H2,(H,22,23). The van der Waals surface area contributed by atoms with Gasteiger partial charge in [0.1, 0.15) is 0 Å². The van der Waals surface area contributed by atoms with Crippen LogP contribution >= 0.6 is 11.3 Å². The van der Waals surface area contributed by atoms with Crippen LogP contribution in [0.25, 0.3) is 0 Å². The van der Waals surface area contributed by atoms with Crippen LogP contribution in [0.1, 0.15) is 50.7 Å². The number of carboxylic acid groups (broad SMARTS) is 1.